The molecule has 2 aromatic carbocycles. The van der Waals surface area contributed by atoms with Gasteiger partial charge >= 0.3 is 0 Å². The van der Waals surface area contributed by atoms with Crippen LogP contribution in [0, 0.1) is 0 Å². The van der Waals surface area contributed by atoms with E-state index in [-0.39, 0.29) is 12.0 Å². The van der Waals surface area contributed by atoms with Gasteiger partial charge in [0.1, 0.15) is 12.4 Å². The lowest BCUT2D eigenvalue weighted by Crippen LogP contribution is -2.38. The molecule has 2 fully saturated rings. The highest BCUT2D eigenvalue weighted by molar-refractivity contribution is 5.94. The maximum absolute atomic E-state index is 12.8. The Balaban J connectivity index is 1.25. The molecule has 35 heavy (non-hydrogen) atoms. The van der Waals surface area contributed by atoms with E-state index in [0.717, 1.165) is 56.8 Å². The number of likely N-dealkylation sites (N-methyl/N-ethyl adjacent to an activating group) is 1. The molecule has 0 bridgehead atoms. The number of rotatable bonds is 11. The summed E-state index contributed by atoms with van der Waals surface area (Å²) >= 11 is 0. The Hall–Kier alpha value is -2.77. The molecule has 1 N–H and O–H groups in total. The second-order valence-electron chi connectivity index (χ2n) is 9.39. The Morgan fingerprint density at radius 1 is 1.06 bits per heavy atom. The van der Waals surface area contributed by atoms with Crippen molar-refractivity contribution < 1.29 is 23.7 Å². The third-order valence-corrected chi connectivity index (χ3v) is 6.90. The molecule has 0 unspecified atom stereocenters. The minimum Gasteiger partial charge on any atom is -0.493 e. The monoisotopic (exact) mass is 482 g/mol. The highest BCUT2D eigenvalue weighted by Crippen LogP contribution is 2.32. The molecule has 1 saturated heterocycles. The number of hydrogen-bond acceptors (Lipinski definition) is 6. The number of hydrogen-bond donors (Lipinski definition) is 1. The van der Waals surface area contributed by atoms with Gasteiger partial charge in [-0.25, -0.2) is 0 Å². The maximum atomic E-state index is 12.8. The lowest BCUT2D eigenvalue weighted by atomic mass is 10.1. The van der Waals surface area contributed by atoms with Crippen molar-refractivity contribution in [2.24, 2.45) is 0 Å². The molecule has 1 aliphatic heterocycles. The normalized spacial score (nSPS) is 16.9. The van der Waals surface area contributed by atoms with Crippen molar-refractivity contribution in [2.45, 2.75) is 57.2 Å². The zero-order chi connectivity index (χ0) is 24.5. The largest absolute Gasteiger partial charge is 0.493 e. The lowest BCUT2D eigenvalue weighted by molar-refractivity contribution is 0.0392. The molecule has 1 saturated carbocycles. The molecular formula is C28H38N2O5. The van der Waals surface area contributed by atoms with Crippen LogP contribution in [0.3, 0.4) is 0 Å². The smallest absolute Gasteiger partial charge is 0.251 e. The Labute approximate surface area is 208 Å². The maximum Gasteiger partial charge on any atom is 0.251 e. The van der Waals surface area contributed by atoms with E-state index in [1.807, 2.05) is 30.3 Å². The average Bonchev–Trinajstić information content (AvgIpc) is 3.41. The fourth-order valence-corrected chi connectivity index (χ4v) is 4.74. The number of amides is 1. The molecule has 7 heteroatoms. The Morgan fingerprint density at radius 2 is 1.86 bits per heavy atom. The van der Waals surface area contributed by atoms with Crippen LogP contribution in [0.15, 0.2) is 42.5 Å². The van der Waals surface area contributed by atoms with Gasteiger partial charge in [0.05, 0.1) is 13.2 Å². The summed E-state index contributed by atoms with van der Waals surface area (Å²) in [5.41, 5.74) is 1.53. The van der Waals surface area contributed by atoms with Crippen LogP contribution in [-0.2, 0) is 11.3 Å². The van der Waals surface area contributed by atoms with Gasteiger partial charge in [-0.15, -0.1) is 0 Å². The number of carbonyl (C=O) groups is 1. The van der Waals surface area contributed by atoms with E-state index in [9.17, 15) is 4.79 Å². The van der Waals surface area contributed by atoms with Crippen molar-refractivity contribution in [3.8, 4) is 17.2 Å². The Kier molecular flexibility index (Phi) is 9.26. The zero-order valence-electron chi connectivity index (χ0n) is 21.0. The Morgan fingerprint density at radius 3 is 2.63 bits per heavy atom. The number of methoxy groups -OCH3 is 1. The van der Waals surface area contributed by atoms with E-state index in [4.69, 9.17) is 18.9 Å². The van der Waals surface area contributed by atoms with Crippen molar-refractivity contribution in [3.63, 3.8) is 0 Å². The van der Waals surface area contributed by atoms with Gasteiger partial charge in [0.25, 0.3) is 5.91 Å². The van der Waals surface area contributed by atoms with Crippen LogP contribution < -0.4 is 19.5 Å². The molecule has 2 aliphatic rings. The summed E-state index contributed by atoms with van der Waals surface area (Å²) in [6.07, 6.45) is 6.93. The Bertz CT molecular complexity index is 954. The molecule has 4 rings (SSSR count). The third kappa shape index (κ3) is 7.36. The van der Waals surface area contributed by atoms with Gasteiger partial charge in [-0.3, -0.25) is 9.69 Å². The van der Waals surface area contributed by atoms with Crippen LogP contribution >= 0.6 is 0 Å². The van der Waals surface area contributed by atoms with Gasteiger partial charge < -0.3 is 24.3 Å². The molecule has 0 radical (unpaired) electrons. The molecule has 0 atom stereocenters. The van der Waals surface area contributed by atoms with Gasteiger partial charge in [-0.2, -0.15) is 0 Å². The number of nitrogens with one attached hydrogen (secondary N) is 1. The fourth-order valence-electron chi connectivity index (χ4n) is 4.74. The zero-order valence-corrected chi connectivity index (χ0v) is 21.0. The average molecular weight is 483 g/mol. The van der Waals surface area contributed by atoms with Crippen LogP contribution in [0.25, 0.3) is 0 Å². The molecule has 7 nitrogen and oxygen atoms in total. The molecule has 190 valence electrons. The van der Waals surface area contributed by atoms with Crippen molar-refractivity contribution in [1.29, 1.82) is 0 Å². The highest BCUT2D eigenvalue weighted by Gasteiger charge is 2.20. The van der Waals surface area contributed by atoms with Crippen LogP contribution in [0.2, 0.25) is 0 Å². The molecule has 1 heterocycles. The standard InChI is InChI=1S/C28H38N2O5/c1-30(23-12-15-33-16-13-23)14-17-34-25-9-5-6-21(18-25)20-29-28(31)22-10-11-26(27(19-22)32-2)35-24-7-3-4-8-24/h5-6,9-11,18-19,23-24H,3-4,7-8,12-17,20H2,1-2H3,(H,29,31). The van der Waals surface area contributed by atoms with Crippen LogP contribution in [-0.4, -0.2) is 63.5 Å². The van der Waals surface area contributed by atoms with Gasteiger partial charge in [-0.1, -0.05) is 12.1 Å². The SMILES string of the molecule is COc1cc(C(=O)NCc2cccc(OCCN(C)C3CCOCC3)c2)ccc1OC1CCCC1. The minimum absolute atomic E-state index is 0.153. The highest BCUT2D eigenvalue weighted by atomic mass is 16.5. The molecule has 0 aromatic heterocycles. The van der Waals surface area contributed by atoms with E-state index < -0.39 is 0 Å². The first-order valence-electron chi connectivity index (χ1n) is 12.7. The first kappa shape index (κ1) is 25.3. The quantitative estimate of drug-likeness (QED) is 0.511. The van der Waals surface area contributed by atoms with E-state index in [2.05, 4.69) is 17.3 Å². The number of carbonyl (C=O) groups excluding carboxylic acids is 1. The predicted octanol–water partition coefficient (Wildman–Crippen LogP) is 4.44. The first-order chi connectivity index (χ1) is 17.1. The molecule has 1 aliphatic carbocycles. The number of benzene rings is 2. The molecule has 1 amide bonds. The minimum atomic E-state index is -0.153. The van der Waals surface area contributed by atoms with Crippen LogP contribution in [0.5, 0.6) is 17.2 Å². The summed E-state index contributed by atoms with van der Waals surface area (Å²) < 4.78 is 23.0. The fraction of sp³-hybridized carbons (Fsp3) is 0.536. The first-order valence-corrected chi connectivity index (χ1v) is 12.7. The summed E-state index contributed by atoms with van der Waals surface area (Å²) in [4.78, 5) is 15.1. The van der Waals surface area contributed by atoms with Crippen molar-refractivity contribution in [2.75, 3.05) is 40.5 Å². The number of nitrogens with zero attached hydrogens (tertiary/aromatic N) is 1. The molecular weight excluding hydrogens is 444 g/mol. The van der Waals surface area contributed by atoms with Gasteiger partial charge in [0.15, 0.2) is 11.5 Å². The van der Waals surface area contributed by atoms with Crippen LogP contribution in [0.1, 0.15) is 54.4 Å². The number of ether oxygens (including phenoxy) is 4. The van der Waals surface area contributed by atoms with Gasteiger partial charge in [0, 0.05) is 37.9 Å². The van der Waals surface area contributed by atoms with Crippen molar-refractivity contribution >= 4 is 5.91 Å². The summed E-state index contributed by atoms with van der Waals surface area (Å²) in [6, 6.07) is 13.8. The second kappa shape index (κ2) is 12.8. The van der Waals surface area contributed by atoms with E-state index in [1.54, 1.807) is 19.2 Å². The van der Waals surface area contributed by atoms with Gasteiger partial charge in [0.2, 0.25) is 0 Å². The molecule has 2 aromatic rings. The third-order valence-electron chi connectivity index (χ3n) is 6.90. The summed E-state index contributed by atoms with van der Waals surface area (Å²) in [5, 5.41) is 2.99. The summed E-state index contributed by atoms with van der Waals surface area (Å²) in [6.45, 7) is 3.59. The second-order valence-corrected chi connectivity index (χ2v) is 9.39. The lowest BCUT2D eigenvalue weighted by Gasteiger charge is -2.31. The van der Waals surface area contributed by atoms with Crippen molar-refractivity contribution in [3.05, 3.63) is 53.6 Å². The van der Waals surface area contributed by atoms with Crippen LogP contribution in [0.4, 0.5) is 0 Å². The predicted molar refractivity (Wildman–Crippen MR) is 135 cm³/mol. The summed E-state index contributed by atoms with van der Waals surface area (Å²) in [5.74, 6) is 1.95. The summed E-state index contributed by atoms with van der Waals surface area (Å²) in [7, 11) is 3.75. The topological polar surface area (TPSA) is 69.3 Å². The van der Waals surface area contributed by atoms with E-state index in [1.165, 1.54) is 12.8 Å². The molecule has 0 spiro atoms. The van der Waals surface area contributed by atoms with E-state index in [0.29, 0.717) is 36.3 Å². The van der Waals surface area contributed by atoms with Crippen molar-refractivity contribution in [1.82, 2.24) is 10.2 Å². The van der Waals surface area contributed by atoms with E-state index >= 15 is 0 Å². The van der Waals surface area contributed by atoms with Gasteiger partial charge in [-0.05, 0) is 81.5 Å².